The summed E-state index contributed by atoms with van der Waals surface area (Å²) in [6, 6.07) is 7.85. The zero-order chi connectivity index (χ0) is 12.4. The lowest BCUT2D eigenvalue weighted by molar-refractivity contribution is 0.415. The predicted octanol–water partition coefficient (Wildman–Crippen LogP) is 2.43. The van der Waals surface area contributed by atoms with Crippen LogP contribution in [0.1, 0.15) is 18.2 Å². The van der Waals surface area contributed by atoms with Gasteiger partial charge in [0, 0.05) is 18.0 Å². The Balaban J connectivity index is 1.82. The van der Waals surface area contributed by atoms with Crippen molar-refractivity contribution in [2.24, 2.45) is 0 Å². The number of aromatic nitrogens is 1. The molecule has 2 heterocycles. The van der Waals surface area contributed by atoms with Crippen molar-refractivity contribution in [2.45, 2.75) is 12.3 Å². The summed E-state index contributed by atoms with van der Waals surface area (Å²) in [5.41, 5.74) is 1.94. The van der Waals surface area contributed by atoms with Crippen LogP contribution in [0.15, 0.2) is 34.9 Å². The Bertz CT molecular complexity index is 513. The van der Waals surface area contributed by atoms with Crippen molar-refractivity contribution in [3.05, 3.63) is 36.4 Å². The van der Waals surface area contributed by atoms with E-state index in [1.54, 1.807) is 13.4 Å². The molecule has 1 atom stereocenters. The molecule has 1 aromatic heterocycles. The van der Waals surface area contributed by atoms with Crippen molar-refractivity contribution in [2.75, 3.05) is 20.2 Å². The molecule has 18 heavy (non-hydrogen) atoms. The van der Waals surface area contributed by atoms with Crippen molar-refractivity contribution in [1.29, 1.82) is 0 Å². The van der Waals surface area contributed by atoms with E-state index in [-0.39, 0.29) is 0 Å². The molecule has 4 heteroatoms. The first kappa shape index (κ1) is 11.3. The maximum Gasteiger partial charge on any atom is 0.199 e. The van der Waals surface area contributed by atoms with Crippen molar-refractivity contribution in [3.8, 4) is 17.0 Å². The zero-order valence-corrected chi connectivity index (χ0v) is 10.3. The van der Waals surface area contributed by atoms with Gasteiger partial charge in [-0.15, -0.1) is 0 Å². The summed E-state index contributed by atoms with van der Waals surface area (Å²) < 4.78 is 10.7. The summed E-state index contributed by atoms with van der Waals surface area (Å²) in [4.78, 5) is 4.57. The van der Waals surface area contributed by atoms with Gasteiger partial charge in [0.15, 0.2) is 5.89 Å². The van der Waals surface area contributed by atoms with Crippen LogP contribution < -0.4 is 10.1 Å². The molecule has 2 aromatic rings. The molecule has 1 unspecified atom stereocenters. The Morgan fingerprint density at radius 3 is 2.83 bits per heavy atom. The number of nitrogens with zero attached hydrogens (tertiary/aromatic N) is 1. The Kier molecular flexibility index (Phi) is 3.02. The van der Waals surface area contributed by atoms with Crippen molar-refractivity contribution < 1.29 is 9.15 Å². The van der Waals surface area contributed by atoms with Gasteiger partial charge in [-0.3, -0.25) is 0 Å². The summed E-state index contributed by atoms with van der Waals surface area (Å²) in [7, 11) is 1.66. The van der Waals surface area contributed by atoms with Crippen molar-refractivity contribution >= 4 is 0 Å². The highest BCUT2D eigenvalue weighted by molar-refractivity contribution is 5.59. The summed E-state index contributed by atoms with van der Waals surface area (Å²) in [5.74, 6) is 2.10. The van der Waals surface area contributed by atoms with Crippen LogP contribution in [0.5, 0.6) is 5.75 Å². The molecule has 0 amide bonds. The number of ether oxygens (including phenoxy) is 1. The maximum atomic E-state index is 5.58. The molecular formula is C14H16N2O2. The quantitative estimate of drug-likeness (QED) is 0.900. The molecular weight excluding hydrogens is 228 g/mol. The number of hydrogen-bond donors (Lipinski definition) is 1. The summed E-state index contributed by atoms with van der Waals surface area (Å²) in [6.07, 6.45) is 2.83. The van der Waals surface area contributed by atoms with E-state index in [4.69, 9.17) is 9.15 Å². The standard InChI is InChI=1S/C14H16N2O2/c1-17-12-4-2-10(3-5-12)13-9-18-14(16-13)11-6-7-15-8-11/h2-5,9,11,15H,6-8H2,1H3. The van der Waals surface area contributed by atoms with E-state index in [0.29, 0.717) is 5.92 Å². The van der Waals surface area contributed by atoms with Gasteiger partial charge >= 0.3 is 0 Å². The van der Waals surface area contributed by atoms with E-state index >= 15 is 0 Å². The first-order valence-corrected chi connectivity index (χ1v) is 6.17. The molecule has 0 radical (unpaired) electrons. The van der Waals surface area contributed by atoms with Crippen LogP contribution in [0.3, 0.4) is 0 Å². The maximum absolute atomic E-state index is 5.58. The number of benzene rings is 1. The fraction of sp³-hybridized carbons (Fsp3) is 0.357. The smallest absolute Gasteiger partial charge is 0.199 e. The predicted molar refractivity (Wildman–Crippen MR) is 68.7 cm³/mol. The van der Waals surface area contributed by atoms with Crippen molar-refractivity contribution in [1.82, 2.24) is 10.3 Å². The first-order valence-electron chi connectivity index (χ1n) is 6.17. The topological polar surface area (TPSA) is 47.3 Å². The van der Waals surface area contributed by atoms with Crippen LogP contribution in [0.25, 0.3) is 11.3 Å². The minimum atomic E-state index is 0.414. The van der Waals surface area contributed by atoms with Crippen LogP contribution in [0, 0.1) is 0 Å². The molecule has 4 nitrogen and oxygen atoms in total. The van der Waals surface area contributed by atoms with Gasteiger partial charge in [-0.1, -0.05) is 0 Å². The van der Waals surface area contributed by atoms with Crippen LogP contribution in [0.4, 0.5) is 0 Å². The van der Waals surface area contributed by atoms with Gasteiger partial charge in [-0.05, 0) is 37.2 Å². The second-order valence-corrected chi connectivity index (χ2v) is 4.49. The molecule has 0 bridgehead atoms. The molecule has 1 N–H and O–H groups in total. The minimum Gasteiger partial charge on any atom is -0.497 e. The number of rotatable bonds is 3. The molecule has 94 valence electrons. The summed E-state index contributed by atoms with van der Waals surface area (Å²) in [6.45, 7) is 2.01. The van der Waals surface area contributed by atoms with Crippen LogP contribution in [-0.4, -0.2) is 25.2 Å². The second-order valence-electron chi connectivity index (χ2n) is 4.49. The Labute approximate surface area is 106 Å². The highest BCUT2D eigenvalue weighted by Crippen LogP contribution is 2.26. The molecule has 0 aliphatic carbocycles. The third kappa shape index (κ3) is 2.11. The van der Waals surface area contributed by atoms with E-state index in [1.165, 1.54) is 0 Å². The van der Waals surface area contributed by atoms with Gasteiger partial charge < -0.3 is 14.5 Å². The van der Waals surface area contributed by atoms with E-state index in [0.717, 1.165) is 42.4 Å². The highest BCUT2D eigenvalue weighted by atomic mass is 16.5. The van der Waals surface area contributed by atoms with Gasteiger partial charge in [0.1, 0.15) is 17.7 Å². The lowest BCUT2D eigenvalue weighted by Crippen LogP contribution is -2.08. The number of methoxy groups -OCH3 is 1. The fourth-order valence-electron chi connectivity index (χ4n) is 2.23. The fourth-order valence-corrected chi connectivity index (χ4v) is 2.23. The first-order chi connectivity index (χ1) is 8.86. The monoisotopic (exact) mass is 244 g/mol. The molecule has 0 spiro atoms. The van der Waals surface area contributed by atoms with Crippen molar-refractivity contribution in [3.63, 3.8) is 0 Å². The highest BCUT2D eigenvalue weighted by Gasteiger charge is 2.21. The van der Waals surface area contributed by atoms with E-state index in [2.05, 4.69) is 10.3 Å². The minimum absolute atomic E-state index is 0.414. The van der Waals surface area contributed by atoms with E-state index in [9.17, 15) is 0 Å². The van der Waals surface area contributed by atoms with Gasteiger partial charge in [-0.25, -0.2) is 4.98 Å². The number of hydrogen-bond acceptors (Lipinski definition) is 4. The largest absolute Gasteiger partial charge is 0.497 e. The lowest BCUT2D eigenvalue weighted by Gasteiger charge is -2.01. The van der Waals surface area contributed by atoms with Crippen LogP contribution in [0.2, 0.25) is 0 Å². The molecule has 1 fully saturated rings. The molecule has 1 aliphatic heterocycles. The number of nitrogens with one attached hydrogen (secondary N) is 1. The van der Waals surface area contributed by atoms with E-state index in [1.807, 2.05) is 24.3 Å². The van der Waals surface area contributed by atoms with Gasteiger partial charge in [0.2, 0.25) is 0 Å². The summed E-state index contributed by atoms with van der Waals surface area (Å²) >= 11 is 0. The zero-order valence-electron chi connectivity index (χ0n) is 10.3. The average Bonchev–Trinajstić information content (AvgIpc) is 3.09. The number of oxazole rings is 1. The SMILES string of the molecule is COc1ccc(-c2coc(C3CCNC3)n2)cc1. The normalized spacial score (nSPS) is 19.1. The molecule has 0 saturated carbocycles. The van der Waals surface area contributed by atoms with E-state index < -0.39 is 0 Å². The average molecular weight is 244 g/mol. The Morgan fingerprint density at radius 2 is 2.17 bits per heavy atom. The lowest BCUT2D eigenvalue weighted by atomic mass is 10.1. The van der Waals surface area contributed by atoms with Crippen LogP contribution >= 0.6 is 0 Å². The Morgan fingerprint density at radius 1 is 1.33 bits per heavy atom. The molecule has 1 aliphatic rings. The second kappa shape index (κ2) is 4.82. The van der Waals surface area contributed by atoms with Gasteiger partial charge in [-0.2, -0.15) is 0 Å². The van der Waals surface area contributed by atoms with Crippen LogP contribution in [-0.2, 0) is 0 Å². The molecule has 3 rings (SSSR count). The molecule has 1 aromatic carbocycles. The molecule has 1 saturated heterocycles. The van der Waals surface area contributed by atoms with Gasteiger partial charge in [0.25, 0.3) is 0 Å². The third-order valence-corrected chi connectivity index (χ3v) is 3.32. The summed E-state index contributed by atoms with van der Waals surface area (Å²) in [5, 5.41) is 3.32. The Hall–Kier alpha value is -1.81. The third-order valence-electron chi connectivity index (χ3n) is 3.32. The van der Waals surface area contributed by atoms with Gasteiger partial charge in [0.05, 0.1) is 7.11 Å².